The summed E-state index contributed by atoms with van der Waals surface area (Å²) in [5.41, 5.74) is -0.163. The zero-order chi connectivity index (χ0) is 41.5. The Morgan fingerprint density at radius 3 is 2.37 bits per heavy atom. The summed E-state index contributed by atoms with van der Waals surface area (Å²) in [5.74, 6) is -4.91. The van der Waals surface area contributed by atoms with Crippen LogP contribution in [0.15, 0.2) is 30.3 Å². The molecule has 0 aromatic heterocycles. The van der Waals surface area contributed by atoms with Gasteiger partial charge in [-0.2, -0.15) is 0 Å². The molecule has 0 radical (unpaired) electrons. The van der Waals surface area contributed by atoms with E-state index in [1.54, 1.807) is 6.92 Å². The van der Waals surface area contributed by atoms with Crippen molar-refractivity contribution in [3.63, 3.8) is 0 Å². The van der Waals surface area contributed by atoms with Crippen LogP contribution in [0.4, 0.5) is 4.79 Å². The van der Waals surface area contributed by atoms with Gasteiger partial charge in [0.15, 0.2) is 5.79 Å². The van der Waals surface area contributed by atoms with Gasteiger partial charge in [-0.3, -0.25) is 4.79 Å². The minimum absolute atomic E-state index is 0.106. The highest BCUT2D eigenvalue weighted by Crippen LogP contribution is 2.54. The van der Waals surface area contributed by atoms with Gasteiger partial charge in [-0.05, 0) is 76.7 Å². The van der Waals surface area contributed by atoms with Gasteiger partial charge in [-0.1, -0.05) is 65.0 Å². The van der Waals surface area contributed by atoms with E-state index in [0.717, 1.165) is 24.8 Å². The Hall–Kier alpha value is -2.36. The minimum atomic E-state index is -1.65. The maximum Gasteiger partial charge on any atom is 0.407 e. The second-order valence-electron chi connectivity index (χ2n) is 18.8. The number of methoxy groups -OCH3 is 1. The van der Waals surface area contributed by atoms with E-state index in [1.807, 2.05) is 51.1 Å². The highest BCUT2D eigenvalue weighted by molar-refractivity contribution is 5.70. The molecule has 5 fully saturated rings. The molecule has 0 bridgehead atoms. The number of aliphatic hydroxyl groups excluding tert-OH is 1. The smallest absolute Gasteiger partial charge is 0.407 e. The van der Waals surface area contributed by atoms with Gasteiger partial charge in [0.05, 0.1) is 59.8 Å². The Morgan fingerprint density at radius 2 is 1.68 bits per heavy atom. The van der Waals surface area contributed by atoms with Crippen LogP contribution >= 0.6 is 0 Å². The Labute approximate surface area is 338 Å². The van der Waals surface area contributed by atoms with Crippen molar-refractivity contribution >= 4 is 12.1 Å². The summed E-state index contributed by atoms with van der Waals surface area (Å²) in [6.45, 7) is 16.1. The van der Waals surface area contributed by atoms with Crippen LogP contribution in [0.25, 0.3) is 0 Å². The number of alkyl carbamates (subject to hydrolysis) is 1. The molecule has 1 spiro atoms. The van der Waals surface area contributed by atoms with E-state index in [1.165, 1.54) is 7.11 Å². The van der Waals surface area contributed by atoms with Gasteiger partial charge in [-0.15, -0.1) is 0 Å². The van der Waals surface area contributed by atoms with Gasteiger partial charge in [0, 0.05) is 44.2 Å². The number of nitrogens with one attached hydrogen (secondary N) is 1. The van der Waals surface area contributed by atoms with Crippen molar-refractivity contribution in [2.75, 3.05) is 20.3 Å². The molecule has 13 nitrogen and oxygen atoms in total. The SMILES string of the molecule is CO[C@@H](C(C)C(=O)O)[C@H](C)[C@H]1OC2(CC[C@@](C)([C@H]3CC[C@@](C)([C@@H]4O[C@@H]([C@@H]5O[C@@](O)(COC(=O)NCCc6ccccc6)[C@H](C)C[C@@H]5C)C[C@@H]4C)O3)O2)C[C@H](O)[C@H]1C. The van der Waals surface area contributed by atoms with Crippen molar-refractivity contribution in [1.29, 1.82) is 0 Å². The van der Waals surface area contributed by atoms with Crippen LogP contribution in [-0.4, -0.2) is 113 Å². The number of aliphatic hydroxyl groups is 2. The third kappa shape index (κ3) is 9.21. The predicted octanol–water partition coefficient (Wildman–Crippen LogP) is 5.86. The third-order valence-electron chi connectivity index (χ3n) is 14.3. The monoisotopic (exact) mass is 803 g/mol. The molecule has 4 N–H and O–H groups in total. The van der Waals surface area contributed by atoms with Crippen LogP contribution in [0.3, 0.4) is 0 Å². The van der Waals surface area contributed by atoms with Crippen molar-refractivity contribution in [2.24, 2.45) is 35.5 Å². The van der Waals surface area contributed by atoms with Crippen molar-refractivity contribution < 1.29 is 58.1 Å². The highest BCUT2D eigenvalue weighted by atomic mass is 16.7. The Kier molecular flexibility index (Phi) is 13.4. The molecule has 5 aliphatic heterocycles. The van der Waals surface area contributed by atoms with Gasteiger partial charge >= 0.3 is 12.1 Å². The summed E-state index contributed by atoms with van der Waals surface area (Å²) in [4.78, 5) is 24.5. The molecule has 322 valence electrons. The van der Waals surface area contributed by atoms with E-state index in [0.29, 0.717) is 38.6 Å². The number of benzene rings is 1. The van der Waals surface area contributed by atoms with Gasteiger partial charge in [0.2, 0.25) is 5.79 Å². The van der Waals surface area contributed by atoms with E-state index in [-0.39, 0.29) is 54.5 Å². The number of carboxylic acids is 1. The fourth-order valence-electron chi connectivity index (χ4n) is 10.8. The van der Waals surface area contributed by atoms with Gasteiger partial charge in [-0.25, -0.2) is 4.79 Å². The van der Waals surface area contributed by atoms with Crippen LogP contribution < -0.4 is 5.32 Å². The van der Waals surface area contributed by atoms with Crippen molar-refractivity contribution in [1.82, 2.24) is 5.32 Å². The van der Waals surface area contributed by atoms with Gasteiger partial charge in [0.25, 0.3) is 0 Å². The van der Waals surface area contributed by atoms with Crippen molar-refractivity contribution in [2.45, 2.75) is 172 Å². The van der Waals surface area contributed by atoms with Crippen LogP contribution in [0.1, 0.15) is 106 Å². The molecule has 1 aromatic rings. The summed E-state index contributed by atoms with van der Waals surface area (Å²) in [6, 6.07) is 9.88. The molecule has 0 aliphatic carbocycles. The number of aliphatic carboxylic acids is 1. The molecule has 13 heteroatoms. The number of carboxylic acid groups (broad SMARTS) is 1. The first kappa shape index (κ1) is 44.2. The van der Waals surface area contributed by atoms with Crippen LogP contribution in [0.5, 0.6) is 0 Å². The number of amides is 1. The molecule has 1 aromatic carbocycles. The summed E-state index contributed by atoms with van der Waals surface area (Å²) in [5, 5.41) is 35.5. The lowest BCUT2D eigenvalue weighted by Gasteiger charge is -2.48. The Morgan fingerprint density at radius 1 is 0.965 bits per heavy atom. The molecule has 2 unspecified atom stereocenters. The standard InChI is InChI=1S/C44H69NO12/c1-25-21-27(3)44(50,24-52-40(49)45-20-16-31-13-11-10-12-14-31)56-35(25)33-22-26(2)38(53-33)42(8)17-15-34(54-42)41(7)18-19-43(57-41)23-32(46)28(4)37(55-43)29(5)36(51-9)30(6)39(47)48/h10-14,25-30,32-38,46,50H,15-24H2,1-9H3,(H,45,49)(H,47,48)/t25-,26-,27+,28+,29-,30?,32-,33+,34+,35+,36+,37-,38+,41-,42-,43?,44-/m0/s1. The lowest BCUT2D eigenvalue weighted by molar-refractivity contribution is -0.336. The van der Waals surface area contributed by atoms with E-state index in [2.05, 4.69) is 33.0 Å². The lowest BCUT2D eigenvalue weighted by Crippen LogP contribution is -2.57. The number of hydrogen-bond acceptors (Lipinski definition) is 11. The average Bonchev–Trinajstić information content (AvgIpc) is 3.87. The summed E-state index contributed by atoms with van der Waals surface area (Å²) >= 11 is 0. The summed E-state index contributed by atoms with van der Waals surface area (Å²) < 4.78 is 45.2. The molecule has 6 rings (SSSR count). The molecular weight excluding hydrogens is 734 g/mol. The van der Waals surface area contributed by atoms with Crippen molar-refractivity contribution in [3.05, 3.63) is 35.9 Å². The van der Waals surface area contributed by atoms with Crippen LogP contribution in [-0.2, 0) is 44.4 Å². The first-order chi connectivity index (χ1) is 26.8. The first-order valence-corrected chi connectivity index (χ1v) is 21.3. The highest BCUT2D eigenvalue weighted by Gasteiger charge is 2.61. The fraction of sp³-hybridized carbons (Fsp3) is 0.818. The lowest BCUT2D eigenvalue weighted by atomic mass is 9.78. The van der Waals surface area contributed by atoms with E-state index in [9.17, 15) is 24.9 Å². The zero-order valence-electron chi connectivity index (χ0n) is 35.5. The number of carbonyl (C=O) groups excluding carboxylic acids is 1. The maximum absolute atomic E-state index is 12.6. The Balaban J connectivity index is 1.06. The van der Waals surface area contributed by atoms with E-state index >= 15 is 0 Å². The molecule has 5 heterocycles. The maximum atomic E-state index is 12.6. The second kappa shape index (κ2) is 17.3. The molecule has 0 saturated carbocycles. The number of carbonyl (C=O) groups is 2. The Bertz CT molecular complexity index is 1530. The molecular formula is C44H69NO12. The van der Waals surface area contributed by atoms with E-state index < -0.39 is 65.2 Å². The number of rotatable bonds is 13. The third-order valence-corrected chi connectivity index (χ3v) is 14.3. The normalized spacial score (nSPS) is 43.8. The molecule has 5 aliphatic rings. The average molecular weight is 804 g/mol. The predicted molar refractivity (Wildman–Crippen MR) is 210 cm³/mol. The molecule has 17 atom stereocenters. The van der Waals surface area contributed by atoms with Crippen LogP contribution in [0.2, 0.25) is 0 Å². The van der Waals surface area contributed by atoms with Gasteiger partial charge < -0.3 is 53.8 Å². The number of hydrogen-bond donors (Lipinski definition) is 4. The zero-order valence-corrected chi connectivity index (χ0v) is 35.5. The van der Waals surface area contributed by atoms with Crippen molar-refractivity contribution in [3.8, 4) is 0 Å². The topological polar surface area (TPSA) is 171 Å². The largest absolute Gasteiger partial charge is 0.481 e. The number of ether oxygens (including phenoxy) is 7. The molecule has 1 amide bonds. The quantitative estimate of drug-likeness (QED) is 0.188. The second-order valence-corrected chi connectivity index (χ2v) is 18.8. The molecule has 57 heavy (non-hydrogen) atoms. The van der Waals surface area contributed by atoms with Gasteiger partial charge in [0.1, 0.15) is 6.61 Å². The summed E-state index contributed by atoms with van der Waals surface area (Å²) in [7, 11) is 1.52. The fourth-order valence-corrected chi connectivity index (χ4v) is 10.8. The van der Waals surface area contributed by atoms with Crippen LogP contribution in [0, 0.1) is 35.5 Å². The molecule has 5 saturated heterocycles. The summed E-state index contributed by atoms with van der Waals surface area (Å²) in [6.07, 6.45) is 1.71. The first-order valence-electron chi connectivity index (χ1n) is 21.3. The minimum Gasteiger partial charge on any atom is -0.481 e. The van der Waals surface area contributed by atoms with E-state index in [4.69, 9.17) is 33.2 Å².